The molecule has 0 fully saturated rings. The van der Waals surface area contributed by atoms with Gasteiger partial charge in [-0.2, -0.15) is 5.26 Å². The van der Waals surface area contributed by atoms with E-state index in [2.05, 4.69) is 5.32 Å². The first-order chi connectivity index (χ1) is 14.6. The third-order valence-corrected chi connectivity index (χ3v) is 4.62. The van der Waals surface area contributed by atoms with Crippen LogP contribution in [0.1, 0.15) is 11.1 Å². The number of hydrogen-bond acceptors (Lipinski definition) is 4. The maximum Gasteiger partial charge on any atom is 0.266 e. The molecule has 0 aromatic heterocycles. The van der Waals surface area contributed by atoms with Gasteiger partial charge in [0.05, 0.1) is 7.11 Å². The van der Waals surface area contributed by atoms with Gasteiger partial charge in [-0.15, -0.1) is 0 Å². The molecule has 0 unspecified atom stereocenters. The number of amides is 1. The topological polar surface area (TPSA) is 71.3 Å². The van der Waals surface area contributed by atoms with Crippen LogP contribution in [0.5, 0.6) is 11.5 Å². The fourth-order valence-corrected chi connectivity index (χ4v) is 2.82. The molecule has 150 valence electrons. The third kappa shape index (κ3) is 5.63. The Bertz CT molecular complexity index is 1080. The number of hydrogen-bond donors (Lipinski definition) is 1. The lowest BCUT2D eigenvalue weighted by molar-refractivity contribution is -0.112. The number of halogens is 1. The van der Waals surface area contributed by atoms with Gasteiger partial charge in [0.1, 0.15) is 29.7 Å². The predicted molar refractivity (Wildman–Crippen MR) is 117 cm³/mol. The molecule has 5 nitrogen and oxygen atoms in total. The molecule has 0 atom stereocenters. The Kier molecular flexibility index (Phi) is 7.09. The normalized spacial score (nSPS) is 10.8. The summed E-state index contributed by atoms with van der Waals surface area (Å²) in [6.45, 7) is 0.350. The van der Waals surface area contributed by atoms with E-state index in [1.807, 2.05) is 30.3 Å². The summed E-state index contributed by atoms with van der Waals surface area (Å²) in [7, 11) is 1.57. The van der Waals surface area contributed by atoms with E-state index in [-0.39, 0.29) is 5.57 Å². The van der Waals surface area contributed by atoms with Gasteiger partial charge in [0.2, 0.25) is 0 Å². The number of anilines is 1. The average molecular weight is 419 g/mol. The van der Waals surface area contributed by atoms with Crippen LogP contribution in [-0.4, -0.2) is 13.0 Å². The highest BCUT2D eigenvalue weighted by atomic mass is 35.5. The molecule has 30 heavy (non-hydrogen) atoms. The van der Waals surface area contributed by atoms with Crippen molar-refractivity contribution >= 4 is 29.3 Å². The Morgan fingerprint density at radius 2 is 1.70 bits per heavy atom. The van der Waals surface area contributed by atoms with Crippen LogP contribution in [0.4, 0.5) is 5.69 Å². The van der Waals surface area contributed by atoms with E-state index in [1.165, 1.54) is 6.08 Å². The van der Waals surface area contributed by atoms with E-state index in [1.54, 1.807) is 55.6 Å². The molecule has 3 aromatic carbocycles. The number of carbonyl (C=O) groups is 1. The summed E-state index contributed by atoms with van der Waals surface area (Å²) in [4.78, 5) is 12.4. The minimum atomic E-state index is -0.485. The maximum atomic E-state index is 12.4. The number of nitriles is 1. The monoisotopic (exact) mass is 418 g/mol. The van der Waals surface area contributed by atoms with Gasteiger partial charge in [0, 0.05) is 16.3 Å². The van der Waals surface area contributed by atoms with E-state index < -0.39 is 5.91 Å². The maximum absolute atomic E-state index is 12.4. The molecule has 6 heteroatoms. The van der Waals surface area contributed by atoms with Crippen molar-refractivity contribution in [1.29, 1.82) is 5.26 Å². The second-order valence-electron chi connectivity index (χ2n) is 6.30. The average Bonchev–Trinajstić information content (AvgIpc) is 2.78. The van der Waals surface area contributed by atoms with Crippen molar-refractivity contribution in [3.63, 3.8) is 0 Å². The Hall–Kier alpha value is -3.75. The van der Waals surface area contributed by atoms with Crippen LogP contribution in [0.2, 0.25) is 5.02 Å². The van der Waals surface area contributed by atoms with Crippen LogP contribution in [0.15, 0.2) is 78.4 Å². The van der Waals surface area contributed by atoms with Crippen LogP contribution in [0.25, 0.3) is 6.08 Å². The molecule has 1 amide bonds. The van der Waals surface area contributed by atoms with Crippen LogP contribution in [0.3, 0.4) is 0 Å². The number of nitrogens with one attached hydrogen (secondary N) is 1. The Morgan fingerprint density at radius 1 is 1.03 bits per heavy atom. The summed E-state index contributed by atoms with van der Waals surface area (Å²) in [5, 5.41) is 12.7. The fraction of sp³-hybridized carbons (Fsp3) is 0.0833. The van der Waals surface area contributed by atoms with Gasteiger partial charge in [-0.25, -0.2) is 0 Å². The van der Waals surface area contributed by atoms with Gasteiger partial charge in [-0.3, -0.25) is 4.79 Å². The van der Waals surface area contributed by atoms with Crippen molar-refractivity contribution in [2.45, 2.75) is 6.61 Å². The van der Waals surface area contributed by atoms with Crippen molar-refractivity contribution < 1.29 is 14.3 Å². The molecule has 0 bridgehead atoms. The number of carbonyl (C=O) groups excluding carboxylic acids is 1. The van der Waals surface area contributed by atoms with Gasteiger partial charge in [0.25, 0.3) is 5.91 Å². The van der Waals surface area contributed by atoms with E-state index in [9.17, 15) is 10.1 Å². The molecular weight excluding hydrogens is 400 g/mol. The molecule has 3 rings (SSSR count). The van der Waals surface area contributed by atoms with Crippen molar-refractivity contribution in [1.82, 2.24) is 0 Å². The van der Waals surface area contributed by atoms with E-state index in [4.69, 9.17) is 21.1 Å². The molecular formula is C24H19ClN2O3. The molecule has 0 aliphatic heterocycles. The van der Waals surface area contributed by atoms with Gasteiger partial charge in [-0.1, -0.05) is 41.9 Å². The largest absolute Gasteiger partial charge is 0.497 e. The zero-order chi connectivity index (χ0) is 21.3. The smallest absolute Gasteiger partial charge is 0.266 e. The van der Waals surface area contributed by atoms with E-state index >= 15 is 0 Å². The first-order valence-corrected chi connectivity index (χ1v) is 9.50. The molecule has 0 spiro atoms. The van der Waals surface area contributed by atoms with Crippen LogP contribution in [-0.2, 0) is 11.4 Å². The lowest BCUT2D eigenvalue weighted by atomic mass is 10.1. The molecule has 0 saturated carbocycles. The minimum Gasteiger partial charge on any atom is -0.497 e. The number of ether oxygens (including phenoxy) is 2. The van der Waals surface area contributed by atoms with Gasteiger partial charge < -0.3 is 14.8 Å². The highest BCUT2D eigenvalue weighted by Crippen LogP contribution is 2.20. The molecule has 1 N–H and O–H groups in total. The van der Waals surface area contributed by atoms with Crippen molar-refractivity contribution in [2.75, 3.05) is 12.4 Å². The van der Waals surface area contributed by atoms with E-state index in [0.717, 1.165) is 5.56 Å². The molecule has 0 radical (unpaired) electrons. The molecule has 0 saturated heterocycles. The lowest BCUT2D eigenvalue weighted by Crippen LogP contribution is -2.13. The molecule has 0 aliphatic carbocycles. The first-order valence-electron chi connectivity index (χ1n) is 9.12. The summed E-state index contributed by atoms with van der Waals surface area (Å²) in [5.74, 6) is 0.857. The zero-order valence-electron chi connectivity index (χ0n) is 16.3. The minimum absolute atomic E-state index is 0.00412. The van der Waals surface area contributed by atoms with Gasteiger partial charge in [-0.05, 0) is 54.1 Å². The van der Waals surface area contributed by atoms with Crippen molar-refractivity contribution in [3.8, 4) is 17.6 Å². The van der Waals surface area contributed by atoms with Crippen LogP contribution >= 0.6 is 11.6 Å². The van der Waals surface area contributed by atoms with Crippen LogP contribution in [0, 0.1) is 11.3 Å². The Morgan fingerprint density at radius 3 is 2.33 bits per heavy atom. The molecule has 0 heterocycles. The second kappa shape index (κ2) is 10.1. The number of nitrogens with zero attached hydrogens (tertiary/aromatic N) is 1. The van der Waals surface area contributed by atoms with Crippen molar-refractivity contribution in [3.05, 3.63) is 94.5 Å². The van der Waals surface area contributed by atoms with Crippen LogP contribution < -0.4 is 14.8 Å². The zero-order valence-corrected chi connectivity index (χ0v) is 17.0. The van der Waals surface area contributed by atoms with E-state index in [0.29, 0.717) is 34.4 Å². The van der Waals surface area contributed by atoms with Gasteiger partial charge >= 0.3 is 0 Å². The Balaban J connectivity index is 1.64. The lowest BCUT2D eigenvalue weighted by Gasteiger charge is -2.08. The standard InChI is InChI=1S/C24H19ClN2O3/c1-29-21-12-8-20(9-13-21)27-24(28)19(15-26)14-17-6-10-22(11-7-17)30-16-18-4-2-3-5-23(18)25/h2-14H,16H2,1H3,(H,27,28). The third-order valence-electron chi connectivity index (χ3n) is 4.26. The number of rotatable bonds is 7. The first kappa shape index (κ1) is 21.0. The Labute approximate surface area is 180 Å². The number of benzene rings is 3. The summed E-state index contributed by atoms with van der Waals surface area (Å²) in [6, 6.07) is 23.4. The molecule has 3 aromatic rings. The molecule has 0 aliphatic rings. The summed E-state index contributed by atoms with van der Waals surface area (Å²) in [6.07, 6.45) is 1.52. The fourth-order valence-electron chi connectivity index (χ4n) is 2.62. The predicted octanol–water partition coefficient (Wildman–Crippen LogP) is 5.47. The second-order valence-corrected chi connectivity index (χ2v) is 6.71. The number of methoxy groups -OCH3 is 1. The summed E-state index contributed by atoms with van der Waals surface area (Å²) >= 11 is 6.13. The van der Waals surface area contributed by atoms with Gasteiger partial charge in [0.15, 0.2) is 0 Å². The highest BCUT2D eigenvalue weighted by Gasteiger charge is 2.10. The quantitative estimate of drug-likeness (QED) is 0.407. The van der Waals surface area contributed by atoms with Crippen molar-refractivity contribution in [2.24, 2.45) is 0 Å². The summed E-state index contributed by atoms with van der Waals surface area (Å²) < 4.78 is 10.8. The summed E-state index contributed by atoms with van der Waals surface area (Å²) in [5.41, 5.74) is 2.17. The highest BCUT2D eigenvalue weighted by molar-refractivity contribution is 6.31. The SMILES string of the molecule is COc1ccc(NC(=O)C(C#N)=Cc2ccc(OCc3ccccc3Cl)cc2)cc1.